The topological polar surface area (TPSA) is 0 Å². The van der Waals surface area contributed by atoms with Crippen LogP contribution in [0.2, 0.25) is 0 Å². The zero-order valence-electron chi connectivity index (χ0n) is 7.76. The number of hydrogen-bond acceptors (Lipinski definition) is 0. The van der Waals surface area contributed by atoms with Crippen molar-refractivity contribution in [2.24, 2.45) is 0 Å². The summed E-state index contributed by atoms with van der Waals surface area (Å²) < 4.78 is 12.7. The molecule has 0 bridgehead atoms. The number of rotatable bonds is 4. The summed E-state index contributed by atoms with van der Waals surface area (Å²) >= 11 is 3.49. The lowest BCUT2D eigenvalue weighted by Crippen LogP contribution is -1.92. The fraction of sp³-hybridized carbons (Fsp3) is 0.455. The Morgan fingerprint density at radius 3 is 2.85 bits per heavy atom. The Hall–Kier alpha value is -0.370. The van der Waals surface area contributed by atoms with Crippen molar-refractivity contribution >= 4 is 15.9 Å². The standard InChI is InChI=1S/C11H14BrF/c1-9(12)4-2-5-10-6-3-7-11(13)8-10/h3,6-9H,2,4-5H2,1H3. The zero-order valence-corrected chi connectivity index (χ0v) is 9.35. The van der Waals surface area contributed by atoms with Crippen LogP contribution in [0.4, 0.5) is 4.39 Å². The van der Waals surface area contributed by atoms with Crippen molar-refractivity contribution < 1.29 is 4.39 Å². The summed E-state index contributed by atoms with van der Waals surface area (Å²) in [6.07, 6.45) is 3.21. The van der Waals surface area contributed by atoms with Crippen LogP contribution in [0.5, 0.6) is 0 Å². The summed E-state index contributed by atoms with van der Waals surface area (Å²) in [6.45, 7) is 2.13. The van der Waals surface area contributed by atoms with Gasteiger partial charge in [0.25, 0.3) is 0 Å². The van der Waals surface area contributed by atoms with Gasteiger partial charge in [-0.15, -0.1) is 0 Å². The minimum Gasteiger partial charge on any atom is -0.207 e. The maximum Gasteiger partial charge on any atom is 0.123 e. The fourth-order valence-electron chi connectivity index (χ4n) is 1.28. The summed E-state index contributed by atoms with van der Waals surface area (Å²) in [5.41, 5.74) is 1.09. The van der Waals surface area contributed by atoms with Crippen LogP contribution in [0.25, 0.3) is 0 Å². The Balaban J connectivity index is 2.37. The minimum absolute atomic E-state index is 0.135. The molecule has 0 aliphatic rings. The van der Waals surface area contributed by atoms with Gasteiger partial charge in [0.15, 0.2) is 0 Å². The molecular weight excluding hydrogens is 231 g/mol. The molecular formula is C11H14BrF. The molecule has 0 saturated carbocycles. The second-order valence-corrected chi connectivity index (χ2v) is 4.87. The molecule has 0 radical (unpaired) electrons. The van der Waals surface area contributed by atoms with Crippen LogP contribution >= 0.6 is 15.9 Å². The van der Waals surface area contributed by atoms with Crippen LogP contribution in [0.15, 0.2) is 24.3 Å². The van der Waals surface area contributed by atoms with Crippen LogP contribution < -0.4 is 0 Å². The molecule has 1 atom stereocenters. The van der Waals surface area contributed by atoms with E-state index < -0.39 is 0 Å². The predicted octanol–water partition coefficient (Wildman–Crippen LogP) is 3.93. The monoisotopic (exact) mass is 244 g/mol. The van der Waals surface area contributed by atoms with Gasteiger partial charge in [-0.05, 0) is 37.0 Å². The van der Waals surface area contributed by atoms with Gasteiger partial charge in [-0.1, -0.05) is 35.0 Å². The van der Waals surface area contributed by atoms with Crippen LogP contribution in [0.1, 0.15) is 25.3 Å². The van der Waals surface area contributed by atoms with Gasteiger partial charge in [-0.3, -0.25) is 0 Å². The SMILES string of the molecule is CC(Br)CCCc1cccc(F)c1. The van der Waals surface area contributed by atoms with E-state index in [-0.39, 0.29) is 5.82 Å². The third kappa shape index (κ3) is 4.41. The Bertz CT molecular complexity index is 258. The number of benzene rings is 1. The van der Waals surface area contributed by atoms with Crippen LogP contribution in [-0.4, -0.2) is 4.83 Å². The molecule has 2 heteroatoms. The largest absolute Gasteiger partial charge is 0.207 e. The molecule has 1 rings (SSSR count). The molecule has 0 heterocycles. The highest BCUT2D eigenvalue weighted by atomic mass is 79.9. The zero-order chi connectivity index (χ0) is 9.68. The normalized spacial score (nSPS) is 12.8. The van der Waals surface area contributed by atoms with E-state index in [9.17, 15) is 4.39 Å². The first kappa shape index (κ1) is 10.7. The fourth-order valence-corrected chi connectivity index (χ4v) is 1.60. The van der Waals surface area contributed by atoms with Crippen molar-refractivity contribution in [3.05, 3.63) is 35.6 Å². The van der Waals surface area contributed by atoms with Crippen LogP contribution in [0, 0.1) is 5.82 Å². The van der Waals surface area contributed by atoms with E-state index in [1.54, 1.807) is 12.1 Å². The van der Waals surface area contributed by atoms with E-state index >= 15 is 0 Å². The highest BCUT2D eigenvalue weighted by Crippen LogP contribution is 2.11. The van der Waals surface area contributed by atoms with Gasteiger partial charge >= 0.3 is 0 Å². The van der Waals surface area contributed by atoms with Crippen molar-refractivity contribution in [3.8, 4) is 0 Å². The Kier molecular flexibility index (Phi) is 4.43. The third-order valence-electron chi connectivity index (χ3n) is 1.96. The minimum atomic E-state index is -0.135. The van der Waals surface area contributed by atoms with Crippen molar-refractivity contribution in [1.82, 2.24) is 0 Å². The van der Waals surface area contributed by atoms with E-state index in [4.69, 9.17) is 0 Å². The van der Waals surface area contributed by atoms with E-state index in [0.717, 1.165) is 24.8 Å². The highest BCUT2D eigenvalue weighted by molar-refractivity contribution is 9.09. The molecule has 0 aliphatic heterocycles. The smallest absolute Gasteiger partial charge is 0.123 e. The van der Waals surface area contributed by atoms with Crippen molar-refractivity contribution in [2.75, 3.05) is 0 Å². The second kappa shape index (κ2) is 5.38. The molecule has 0 nitrogen and oxygen atoms in total. The molecule has 72 valence electrons. The summed E-state index contributed by atoms with van der Waals surface area (Å²) in [6, 6.07) is 6.83. The van der Waals surface area contributed by atoms with E-state index in [0.29, 0.717) is 4.83 Å². The number of hydrogen-bond donors (Lipinski definition) is 0. The molecule has 1 unspecified atom stereocenters. The first-order valence-corrected chi connectivity index (χ1v) is 5.48. The van der Waals surface area contributed by atoms with Crippen LogP contribution in [0.3, 0.4) is 0 Å². The van der Waals surface area contributed by atoms with E-state index in [1.165, 1.54) is 6.07 Å². The molecule has 0 amide bonds. The maximum absolute atomic E-state index is 12.7. The van der Waals surface area contributed by atoms with Gasteiger partial charge in [0.2, 0.25) is 0 Å². The average molecular weight is 245 g/mol. The van der Waals surface area contributed by atoms with Gasteiger partial charge in [-0.2, -0.15) is 0 Å². The summed E-state index contributed by atoms with van der Waals surface area (Å²) in [4.78, 5) is 0.557. The Labute approximate surface area is 87.3 Å². The van der Waals surface area contributed by atoms with Gasteiger partial charge < -0.3 is 0 Å². The first-order valence-electron chi connectivity index (χ1n) is 4.57. The molecule has 1 aromatic rings. The number of alkyl halides is 1. The van der Waals surface area contributed by atoms with Gasteiger partial charge in [-0.25, -0.2) is 4.39 Å². The third-order valence-corrected chi connectivity index (χ3v) is 2.41. The lowest BCUT2D eigenvalue weighted by molar-refractivity contribution is 0.623. The average Bonchev–Trinajstić information content (AvgIpc) is 2.03. The number of halogens is 2. The molecule has 0 aromatic heterocycles. The molecule has 13 heavy (non-hydrogen) atoms. The van der Waals surface area contributed by atoms with Gasteiger partial charge in [0, 0.05) is 4.83 Å². The van der Waals surface area contributed by atoms with E-state index in [2.05, 4.69) is 22.9 Å². The summed E-state index contributed by atoms with van der Waals surface area (Å²) in [5.74, 6) is -0.135. The second-order valence-electron chi connectivity index (χ2n) is 3.30. The lowest BCUT2D eigenvalue weighted by Gasteiger charge is -2.03. The maximum atomic E-state index is 12.7. The lowest BCUT2D eigenvalue weighted by atomic mass is 10.1. The van der Waals surface area contributed by atoms with Gasteiger partial charge in [0.05, 0.1) is 0 Å². The highest BCUT2D eigenvalue weighted by Gasteiger charge is 1.98. The Morgan fingerprint density at radius 1 is 1.46 bits per heavy atom. The molecule has 1 aromatic carbocycles. The summed E-state index contributed by atoms with van der Waals surface area (Å²) in [5, 5.41) is 0. The van der Waals surface area contributed by atoms with Crippen molar-refractivity contribution in [1.29, 1.82) is 0 Å². The van der Waals surface area contributed by atoms with Crippen molar-refractivity contribution in [3.63, 3.8) is 0 Å². The molecule has 0 N–H and O–H groups in total. The van der Waals surface area contributed by atoms with Crippen molar-refractivity contribution in [2.45, 2.75) is 31.0 Å². The predicted molar refractivity (Wildman–Crippen MR) is 57.7 cm³/mol. The molecule has 0 spiro atoms. The number of aryl methyl sites for hydroxylation is 1. The Morgan fingerprint density at radius 2 is 2.23 bits per heavy atom. The van der Waals surface area contributed by atoms with E-state index in [1.807, 2.05) is 6.07 Å². The molecule has 0 fully saturated rings. The molecule has 0 aliphatic carbocycles. The summed E-state index contributed by atoms with van der Waals surface area (Å²) in [7, 11) is 0. The van der Waals surface area contributed by atoms with Crippen LogP contribution in [-0.2, 0) is 6.42 Å². The first-order chi connectivity index (χ1) is 6.18. The van der Waals surface area contributed by atoms with Gasteiger partial charge in [0.1, 0.15) is 5.82 Å². The quantitative estimate of drug-likeness (QED) is 0.705. The molecule has 0 saturated heterocycles.